The molecule has 0 spiro atoms. The average molecular weight is 527 g/mol. The lowest BCUT2D eigenvalue weighted by Gasteiger charge is -2.23. The molecular formula is C30H28BrNOSi. The molecule has 0 saturated heterocycles. The van der Waals surface area contributed by atoms with Gasteiger partial charge in [-0.15, -0.1) is 0 Å². The summed E-state index contributed by atoms with van der Waals surface area (Å²) < 4.78 is 7.68. The highest BCUT2D eigenvalue weighted by Gasteiger charge is 2.21. The first-order chi connectivity index (χ1) is 16.3. The molecule has 0 saturated carbocycles. The van der Waals surface area contributed by atoms with E-state index in [0.29, 0.717) is 12.2 Å². The van der Waals surface area contributed by atoms with Crippen LogP contribution in [-0.2, 0) is 16.4 Å². The highest BCUT2D eigenvalue weighted by Crippen LogP contribution is 2.32. The predicted octanol–water partition coefficient (Wildman–Crippen LogP) is 6.34. The van der Waals surface area contributed by atoms with Crippen molar-refractivity contribution < 1.29 is 4.43 Å². The van der Waals surface area contributed by atoms with Crippen LogP contribution in [-0.4, -0.2) is 9.04 Å². The van der Waals surface area contributed by atoms with E-state index in [1.807, 2.05) is 24.3 Å². The van der Waals surface area contributed by atoms with Crippen LogP contribution in [0, 0.1) is 11.3 Å². The number of hydrogen-bond acceptors (Lipinski definition) is 2. The number of rotatable bonds is 6. The second-order valence-corrected chi connectivity index (χ2v) is 12.8. The van der Waals surface area contributed by atoms with Crippen molar-refractivity contribution in [2.24, 2.45) is 0 Å². The third kappa shape index (κ3) is 5.74. The molecule has 34 heavy (non-hydrogen) atoms. The standard InChI is InChI=1S/C30H28BrNOSi/c1-30(2,3)25-14-15-29(23-16-22(20-32)17-26(31)19-23)24(18-25)21-33-34(27-10-6-4-7-11-27)28-12-8-5-9-13-28/h4-19,34H,21H2,1-3H3. The zero-order chi connectivity index (χ0) is 24.1. The Morgan fingerprint density at radius 3 is 2.00 bits per heavy atom. The van der Waals surface area contributed by atoms with Gasteiger partial charge in [0, 0.05) is 4.47 Å². The Kier molecular flexibility index (Phi) is 7.48. The SMILES string of the molecule is CC(C)(C)c1ccc(-c2cc(Br)cc(C#N)c2)c(CO[SiH](c2ccccc2)c2ccccc2)c1. The molecule has 0 aliphatic carbocycles. The van der Waals surface area contributed by atoms with Crippen molar-refractivity contribution >= 4 is 35.3 Å². The van der Waals surface area contributed by atoms with Crippen LogP contribution in [0.4, 0.5) is 0 Å². The summed E-state index contributed by atoms with van der Waals surface area (Å²) in [6.07, 6.45) is 0. The van der Waals surface area contributed by atoms with Gasteiger partial charge in [-0.1, -0.05) is 116 Å². The van der Waals surface area contributed by atoms with Gasteiger partial charge in [-0.05, 0) is 56.2 Å². The number of halogens is 1. The molecule has 0 aliphatic rings. The van der Waals surface area contributed by atoms with E-state index < -0.39 is 9.04 Å². The van der Waals surface area contributed by atoms with Gasteiger partial charge >= 0.3 is 0 Å². The summed E-state index contributed by atoms with van der Waals surface area (Å²) in [5.41, 5.74) is 5.18. The van der Waals surface area contributed by atoms with Gasteiger partial charge in [0.2, 0.25) is 9.04 Å². The van der Waals surface area contributed by atoms with Crippen molar-refractivity contribution in [1.29, 1.82) is 5.26 Å². The Bertz CT molecular complexity index is 1270. The molecule has 0 aliphatic heterocycles. The molecule has 0 unspecified atom stereocenters. The lowest BCUT2D eigenvalue weighted by atomic mass is 9.84. The summed E-state index contributed by atoms with van der Waals surface area (Å²) in [6.45, 7) is 7.19. The van der Waals surface area contributed by atoms with Crippen molar-refractivity contribution in [2.75, 3.05) is 0 Å². The lowest BCUT2D eigenvalue weighted by molar-refractivity contribution is 0.322. The number of benzene rings is 4. The Balaban J connectivity index is 1.76. The normalized spacial score (nSPS) is 11.4. The molecule has 4 aromatic rings. The Morgan fingerprint density at radius 1 is 0.824 bits per heavy atom. The van der Waals surface area contributed by atoms with Crippen molar-refractivity contribution in [1.82, 2.24) is 0 Å². The molecule has 4 rings (SSSR count). The summed E-state index contributed by atoms with van der Waals surface area (Å²) in [7, 11) is -1.88. The van der Waals surface area contributed by atoms with Crippen LogP contribution in [0.2, 0.25) is 0 Å². The van der Waals surface area contributed by atoms with Crippen LogP contribution in [0.25, 0.3) is 11.1 Å². The summed E-state index contributed by atoms with van der Waals surface area (Å²) in [5.74, 6) is 0. The molecule has 0 atom stereocenters. The Hall–Kier alpha value is -2.97. The molecule has 0 fully saturated rings. The van der Waals surface area contributed by atoms with E-state index >= 15 is 0 Å². The fourth-order valence-electron chi connectivity index (χ4n) is 4.08. The van der Waals surface area contributed by atoms with Crippen LogP contribution in [0.5, 0.6) is 0 Å². The van der Waals surface area contributed by atoms with Crippen molar-refractivity contribution in [2.45, 2.75) is 32.8 Å². The van der Waals surface area contributed by atoms with Crippen LogP contribution in [0.1, 0.15) is 37.5 Å². The van der Waals surface area contributed by atoms with Crippen molar-refractivity contribution in [3.05, 3.63) is 118 Å². The topological polar surface area (TPSA) is 33.0 Å². The third-order valence-corrected chi connectivity index (χ3v) is 8.86. The van der Waals surface area contributed by atoms with Gasteiger partial charge in [0.05, 0.1) is 18.2 Å². The number of nitriles is 1. The van der Waals surface area contributed by atoms with Crippen molar-refractivity contribution in [3.63, 3.8) is 0 Å². The quantitative estimate of drug-likeness (QED) is 0.275. The van der Waals surface area contributed by atoms with Gasteiger partial charge in [0.25, 0.3) is 0 Å². The van der Waals surface area contributed by atoms with Gasteiger partial charge in [-0.3, -0.25) is 0 Å². The molecular weight excluding hydrogens is 498 g/mol. The number of hydrogen-bond donors (Lipinski definition) is 0. The smallest absolute Gasteiger partial charge is 0.240 e. The Morgan fingerprint density at radius 2 is 1.44 bits per heavy atom. The van der Waals surface area contributed by atoms with Gasteiger partial charge in [-0.25, -0.2) is 0 Å². The summed E-state index contributed by atoms with van der Waals surface area (Å²) in [6, 6.07) is 35.9. The number of nitrogens with zero attached hydrogens (tertiary/aromatic N) is 1. The maximum absolute atomic E-state index is 9.49. The van der Waals surface area contributed by atoms with Gasteiger partial charge in [0.15, 0.2) is 0 Å². The first kappa shape index (κ1) is 24.2. The minimum absolute atomic E-state index is 0.0258. The van der Waals surface area contributed by atoms with Crippen LogP contribution in [0.3, 0.4) is 0 Å². The molecule has 0 aromatic heterocycles. The third-order valence-electron chi connectivity index (χ3n) is 5.92. The van der Waals surface area contributed by atoms with Crippen LogP contribution < -0.4 is 10.4 Å². The molecule has 0 N–H and O–H groups in total. The Labute approximate surface area is 212 Å². The molecule has 2 nitrogen and oxygen atoms in total. The van der Waals surface area contributed by atoms with Gasteiger partial charge < -0.3 is 4.43 Å². The van der Waals surface area contributed by atoms with Crippen molar-refractivity contribution in [3.8, 4) is 17.2 Å². The highest BCUT2D eigenvalue weighted by molar-refractivity contribution is 9.10. The van der Waals surface area contributed by atoms with Crippen LogP contribution in [0.15, 0.2) is 102 Å². The fourth-order valence-corrected chi connectivity index (χ4v) is 6.84. The molecule has 0 heterocycles. The van der Waals surface area contributed by atoms with E-state index in [1.54, 1.807) is 0 Å². The molecule has 4 aromatic carbocycles. The van der Waals surface area contributed by atoms with E-state index in [1.165, 1.54) is 15.9 Å². The average Bonchev–Trinajstić information content (AvgIpc) is 2.84. The van der Waals surface area contributed by atoms with E-state index in [2.05, 4.69) is 116 Å². The summed E-state index contributed by atoms with van der Waals surface area (Å²) in [5, 5.41) is 12.0. The first-order valence-electron chi connectivity index (χ1n) is 11.4. The first-order valence-corrected chi connectivity index (χ1v) is 13.8. The molecule has 0 amide bonds. The predicted molar refractivity (Wildman–Crippen MR) is 147 cm³/mol. The zero-order valence-corrected chi connectivity index (χ0v) is 22.5. The highest BCUT2D eigenvalue weighted by atomic mass is 79.9. The molecule has 4 heteroatoms. The fraction of sp³-hybridized carbons (Fsp3) is 0.167. The van der Waals surface area contributed by atoms with Crippen LogP contribution >= 0.6 is 15.9 Å². The monoisotopic (exact) mass is 525 g/mol. The van der Waals surface area contributed by atoms with E-state index in [9.17, 15) is 5.26 Å². The summed E-state index contributed by atoms with van der Waals surface area (Å²) >= 11 is 3.57. The minimum Gasteiger partial charge on any atom is -0.407 e. The van der Waals surface area contributed by atoms with Gasteiger partial charge in [0.1, 0.15) is 0 Å². The maximum atomic E-state index is 9.49. The molecule has 0 radical (unpaired) electrons. The van der Waals surface area contributed by atoms with Gasteiger partial charge in [-0.2, -0.15) is 5.26 Å². The second-order valence-electron chi connectivity index (χ2n) is 9.47. The van der Waals surface area contributed by atoms with E-state index in [0.717, 1.165) is 21.2 Å². The molecule has 170 valence electrons. The van der Waals surface area contributed by atoms with E-state index in [-0.39, 0.29) is 5.41 Å². The zero-order valence-electron chi connectivity index (χ0n) is 19.8. The second kappa shape index (κ2) is 10.5. The minimum atomic E-state index is -1.88. The maximum Gasteiger partial charge on any atom is 0.240 e. The summed E-state index contributed by atoms with van der Waals surface area (Å²) in [4.78, 5) is 0. The van der Waals surface area contributed by atoms with E-state index in [4.69, 9.17) is 4.43 Å². The lowest BCUT2D eigenvalue weighted by Crippen LogP contribution is -2.44. The molecule has 0 bridgehead atoms. The largest absolute Gasteiger partial charge is 0.407 e.